The SMILES string of the molecule is [2H]C(c1ccccc1OCCCCCC(=O)O)N(C(=O)c1ccc(-c2ccco2)cc1)C(C)C. The van der Waals surface area contributed by atoms with Crippen molar-refractivity contribution >= 4 is 11.9 Å². The molecular formula is C27H31NO5. The van der Waals surface area contributed by atoms with Gasteiger partial charge >= 0.3 is 5.97 Å². The molecule has 0 saturated heterocycles. The quantitative estimate of drug-likeness (QED) is 0.341. The van der Waals surface area contributed by atoms with E-state index in [0.29, 0.717) is 29.9 Å². The maximum atomic E-state index is 13.4. The Hall–Kier alpha value is -3.54. The first-order valence-corrected chi connectivity index (χ1v) is 11.2. The predicted molar refractivity (Wildman–Crippen MR) is 127 cm³/mol. The summed E-state index contributed by atoms with van der Waals surface area (Å²) in [6.07, 6.45) is 3.84. The number of ether oxygens (including phenoxy) is 1. The minimum Gasteiger partial charge on any atom is -0.493 e. The second-order valence-corrected chi connectivity index (χ2v) is 8.08. The molecular weight excluding hydrogens is 418 g/mol. The highest BCUT2D eigenvalue weighted by Crippen LogP contribution is 2.24. The number of unbranched alkanes of at least 4 members (excludes halogenated alkanes) is 2. The Morgan fingerprint density at radius 3 is 2.45 bits per heavy atom. The summed E-state index contributed by atoms with van der Waals surface area (Å²) in [5.41, 5.74) is 1.99. The van der Waals surface area contributed by atoms with E-state index < -0.39 is 12.5 Å². The van der Waals surface area contributed by atoms with E-state index in [1.807, 2.05) is 50.2 Å². The van der Waals surface area contributed by atoms with Crippen LogP contribution in [0.25, 0.3) is 11.3 Å². The van der Waals surface area contributed by atoms with Crippen molar-refractivity contribution in [2.24, 2.45) is 0 Å². The number of carboxylic acids is 1. The highest BCUT2D eigenvalue weighted by Gasteiger charge is 2.21. The van der Waals surface area contributed by atoms with E-state index in [1.54, 1.807) is 30.5 Å². The van der Waals surface area contributed by atoms with Crippen LogP contribution in [0.15, 0.2) is 71.3 Å². The molecule has 0 saturated carbocycles. The Bertz CT molecular complexity index is 1060. The number of nitrogens with zero attached hydrogens (tertiary/aromatic N) is 1. The first kappa shape index (κ1) is 22.6. The fourth-order valence-electron chi connectivity index (χ4n) is 3.42. The molecule has 0 aliphatic rings. The Balaban J connectivity index is 1.71. The summed E-state index contributed by atoms with van der Waals surface area (Å²) in [5, 5.41) is 8.74. The number of benzene rings is 2. The van der Waals surface area contributed by atoms with Crippen LogP contribution in [0.3, 0.4) is 0 Å². The molecule has 3 aromatic rings. The number of hydrogen-bond acceptors (Lipinski definition) is 4. The number of rotatable bonds is 12. The van der Waals surface area contributed by atoms with Gasteiger partial charge in [0.15, 0.2) is 0 Å². The molecule has 0 aliphatic carbocycles. The maximum absolute atomic E-state index is 13.4. The van der Waals surface area contributed by atoms with Crippen molar-refractivity contribution in [1.29, 1.82) is 0 Å². The van der Waals surface area contributed by atoms with Crippen molar-refractivity contribution in [3.63, 3.8) is 0 Å². The third-order valence-corrected chi connectivity index (χ3v) is 5.22. The van der Waals surface area contributed by atoms with Gasteiger partial charge in [-0.25, -0.2) is 0 Å². The average Bonchev–Trinajstić information content (AvgIpc) is 3.36. The van der Waals surface area contributed by atoms with Crippen LogP contribution in [0.1, 0.15) is 56.8 Å². The summed E-state index contributed by atoms with van der Waals surface area (Å²) >= 11 is 0. The van der Waals surface area contributed by atoms with E-state index >= 15 is 0 Å². The molecule has 1 N–H and O–H groups in total. The third-order valence-electron chi connectivity index (χ3n) is 5.22. The summed E-state index contributed by atoms with van der Waals surface area (Å²) in [6.45, 7) is 3.26. The third kappa shape index (κ3) is 6.97. The van der Waals surface area contributed by atoms with Crippen LogP contribution in [-0.2, 0) is 11.3 Å². The van der Waals surface area contributed by atoms with Crippen LogP contribution in [0.4, 0.5) is 0 Å². The molecule has 0 radical (unpaired) electrons. The van der Waals surface area contributed by atoms with Crippen LogP contribution in [0.5, 0.6) is 5.75 Å². The number of carboxylic acid groups (broad SMARTS) is 1. The van der Waals surface area contributed by atoms with Crippen molar-refractivity contribution in [2.75, 3.05) is 6.61 Å². The molecule has 0 spiro atoms. The molecule has 0 fully saturated rings. The van der Waals surface area contributed by atoms with Crippen LogP contribution < -0.4 is 4.74 Å². The van der Waals surface area contributed by atoms with Gasteiger partial charge in [0.25, 0.3) is 5.91 Å². The van der Waals surface area contributed by atoms with Gasteiger partial charge in [-0.15, -0.1) is 0 Å². The van der Waals surface area contributed by atoms with Gasteiger partial charge in [-0.05, 0) is 63.4 Å². The van der Waals surface area contributed by atoms with Gasteiger partial charge in [0.05, 0.1) is 14.2 Å². The Morgan fingerprint density at radius 1 is 1.03 bits per heavy atom. The zero-order valence-corrected chi connectivity index (χ0v) is 19.1. The smallest absolute Gasteiger partial charge is 0.303 e. The normalized spacial score (nSPS) is 12.3. The molecule has 3 rings (SSSR count). The number of amides is 1. The second-order valence-electron chi connectivity index (χ2n) is 8.08. The molecule has 1 amide bonds. The van der Waals surface area contributed by atoms with Crippen molar-refractivity contribution < 1.29 is 25.2 Å². The molecule has 1 unspecified atom stereocenters. The lowest BCUT2D eigenvalue weighted by Gasteiger charge is -2.28. The van der Waals surface area contributed by atoms with E-state index in [9.17, 15) is 9.59 Å². The fourth-order valence-corrected chi connectivity index (χ4v) is 3.42. The lowest BCUT2D eigenvalue weighted by atomic mass is 10.1. The van der Waals surface area contributed by atoms with Crippen molar-refractivity contribution in [2.45, 2.75) is 52.1 Å². The Kier molecular flexibility index (Phi) is 8.17. The van der Waals surface area contributed by atoms with Crippen LogP contribution in [-0.4, -0.2) is 34.5 Å². The average molecular weight is 451 g/mol. The Labute approximate surface area is 196 Å². The van der Waals surface area contributed by atoms with E-state index in [1.165, 1.54) is 4.90 Å². The maximum Gasteiger partial charge on any atom is 0.303 e. The molecule has 1 aromatic heterocycles. The first-order chi connectivity index (χ1) is 16.4. The first-order valence-electron chi connectivity index (χ1n) is 11.8. The summed E-state index contributed by atoms with van der Waals surface area (Å²) < 4.78 is 20.3. The Morgan fingerprint density at radius 2 is 1.79 bits per heavy atom. The molecule has 33 heavy (non-hydrogen) atoms. The second kappa shape index (κ2) is 11.9. The minimum absolute atomic E-state index is 0.152. The molecule has 0 aliphatic heterocycles. The van der Waals surface area contributed by atoms with Crippen LogP contribution in [0.2, 0.25) is 0 Å². The highest BCUT2D eigenvalue weighted by atomic mass is 16.5. The van der Waals surface area contributed by atoms with Gasteiger partial charge in [-0.1, -0.05) is 30.3 Å². The molecule has 1 heterocycles. The summed E-state index contributed by atoms with van der Waals surface area (Å²) in [4.78, 5) is 25.6. The summed E-state index contributed by atoms with van der Waals surface area (Å²) in [7, 11) is 0. The van der Waals surface area contributed by atoms with Gasteiger partial charge in [-0.2, -0.15) is 0 Å². The molecule has 0 bridgehead atoms. The fraction of sp³-hybridized carbons (Fsp3) is 0.333. The standard InChI is InChI=1S/C27H31NO5/c1-20(2)28(27(31)22-15-13-21(14-16-22)24-11-8-18-33-24)19-23-9-5-6-10-25(23)32-17-7-3-4-12-26(29)30/h5-6,8-11,13-16,18,20H,3-4,7,12,17,19H2,1-2H3,(H,29,30)/i19D. The van der Waals surface area contributed by atoms with Crippen molar-refractivity contribution in [1.82, 2.24) is 4.90 Å². The van der Waals surface area contributed by atoms with E-state index in [2.05, 4.69) is 0 Å². The van der Waals surface area contributed by atoms with E-state index in [0.717, 1.165) is 24.2 Å². The van der Waals surface area contributed by atoms with Gasteiger partial charge in [0.1, 0.15) is 11.5 Å². The van der Waals surface area contributed by atoms with Gasteiger partial charge in [0, 0.05) is 35.7 Å². The molecule has 1 atom stereocenters. The molecule has 174 valence electrons. The van der Waals surface area contributed by atoms with Crippen molar-refractivity contribution in [3.05, 3.63) is 78.1 Å². The largest absolute Gasteiger partial charge is 0.493 e. The monoisotopic (exact) mass is 450 g/mol. The lowest BCUT2D eigenvalue weighted by molar-refractivity contribution is -0.137. The van der Waals surface area contributed by atoms with E-state index in [4.69, 9.17) is 15.6 Å². The van der Waals surface area contributed by atoms with Gasteiger partial charge < -0.3 is 19.2 Å². The zero-order valence-electron chi connectivity index (χ0n) is 20.1. The topological polar surface area (TPSA) is 80.0 Å². The van der Waals surface area contributed by atoms with Crippen molar-refractivity contribution in [3.8, 4) is 17.1 Å². The van der Waals surface area contributed by atoms with Gasteiger partial charge in [-0.3, -0.25) is 9.59 Å². The predicted octanol–water partition coefficient (Wildman–Crippen LogP) is 6.02. The summed E-state index contributed by atoms with van der Waals surface area (Å²) in [6, 6.07) is 17.9. The number of hydrogen-bond donors (Lipinski definition) is 1. The zero-order chi connectivity index (χ0) is 24.5. The lowest BCUT2D eigenvalue weighted by Crippen LogP contribution is -2.36. The number of furan rings is 1. The van der Waals surface area contributed by atoms with Gasteiger partial charge in [0.2, 0.25) is 0 Å². The molecule has 2 aromatic carbocycles. The highest BCUT2D eigenvalue weighted by molar-refractivity contribution is 5.94. The van der Waals surface area contributed by atoms with Crippen LogP contribution in [0, 0.1) is 0 Å². The summed E-state index contributed by atoms with van der Waals surface area (Å²) in [5.74, 6) is 0.265. The molecule has 6 heteroatoms. The molecule has 6 nitrogen and oxygen atoms in total. The number of carbonyl (C=O) groups is 2. The number of para-hydroxylation sites is 1. The van der Waals surface area contributed by atoms with Crippen LogP contribution >= 0.6 is 0 Å². The minimum atomic E-state index is -0.944. The number of aliphatic carboxylic acids is 1. The number of carbonyl (C=O) groups excluding carboxylic acids is 1. The van der Waals surface area contributed by atoms with E-state index in [-0.39, 0.29) is 18.4 Å².